The summed E-state index contributed by atoms with van der Waals surface area (Å²) in [5.41, 5.74) is 0. The van der Waals surface area contributed by atoms with Gasteiger partial charge >= 0.3 is 0 Å². The fraction of sp³-hybridized carbons (Fsp3) is 0.500. The normalized spacial score (nSPS) is 17.6. The molecule has 1 aromatic rings. The molecule has 1 fully saturated rings. The Labute approximate surface area is 122 Å². The number of carbonyl (C=O) groups excluding carboxylic acids is 1. The van der Waals surface area contributed by atoms with E-state index < -0.39 is 0 Å². The van der Waals surface area contributed by atoms with Crippen molar-refractivity contribution in [3.05, 3.63) is 30.3 Å². The summed E-state index contributed by atoms with van der Waals surface area (Å²) in [4.78, 5) is 13.6. The van der Waals surface area contributed by atoms with Crippen molar-refractivity contribution in [3.8, 4) is 5.75 Å². The van der Waals surface area contributed by atoms with Gasteiger partial charge in [0.15, 0.2) is 3.79 Å². The smallest absolute Gasteiger partial charge is 0.195 e. The highest BCUT2D eigenvalue weighted by Gasteiger charge is 2.22. The standard InChI is InChI=1S/C14H18INO2/c15-14(17)12-6-8-16(9-7-12)10-11-18-13-4-2-1-3-5-13/h1-5,12H,6-11H2. The van der Waals surface area contributed by atoms with Gasteiger partial charge in [0.05, 0.1) is 0 Å². The third-order valence-electron chi connectivity index (χ3n) is 3.33. The zero-order chi connectivity index (χ0) is 12.8. The van der Waals surface area contributed by atoms with Crippen molar-refractivity contribution in [1.29, 1.82) is 0 Å². The van der Waals surface area contributed by atoms with Gasteiger partial charge in [0, 0.05) is 12.5 Å². The number of ether oxygens (including phenoxy) is 1. The zero-order valence-corrected chi connectivity index (χ0v) is 12.5. The van der Waals surface area contributed by atoms with Crippen LogP contribution in [0.4, 0.5) is 0 Å². The fourth-order valence-corrected chi connectivity index (χ4v) is 2.82. The molecule has 0 radical (unpaired) electrons. The highest BCUT2D eigenvalue weighted by Crippen LogP contribution is 2.20. The van der Waals surface area contributed by atoms with Crippen LogP contribution in [0.15, 0.2) is 30.3 Å². The molecule has 18 heavy (non-hydrogen) atoms. The molecule has 0 N–H and O–H groups in total. The predicted octanol–water partition coefficient (Wildman–Crippen LogP) is 2.74. The van der Waals surface area contributed by atoms with E-state index in [0.29, 0.717) is 10.4 Å². The van der Waals surface area contributed by atoms with Crippen LogP contribution in [0.5, 0.6) is 5.75 Å². The van der Waals surface area contributed by atoms with Gasteiger partial charge in [-0.15, -0.1) is 0 Å². The molecule has 0 bridgehead atoms. The van der Waals surface area contributed by atoms with Crippen LogP contribution in [0, 0.1) is 5.92 Å². The molecule has 1 aromatic carbocycles. The molecule has 2 rings (SSSR count). The van der Waals surface area contributed by atoms with Gasteiger partial charge in [-0.25, -0.2) is 0 Å². The van der Waals surface area contributed by atoms with Crippen LogP contribution in [0.3, 0.4) is 0 Å². The molecule has 0 atom stereocenters. The van der Waals surface area contributed by atoms with Crippen molar-refractivity contribution >= 4 is 26.4 Å². The molecule has 0 amide bonds. The first-order chi connectivity index (χ1) is 8.75. The fourth-order valence-electron chi connectivity index (χ4n) is 2.19. The minimum absolute atomic E-state index is 0.275. The van der Waals surface area contributed by atoms with Crippen molar-refractivity contribution in [2.75, 3.05) is 26.2 Å². The Kier molecular flexibility index (Phi) is 5.44. The van der Waals surface area contributed by atoms with Gasteiger partial charge in [-0.1, -0.05) is 18.2 Å². The summed E-state index contributed by atoms with van der Waals surface area (Å²) >= 11 is 1.92. The largest absolute Gasteiger partial charge is 0.492 e. The van der Waals surface area contributed by atoms with E-state index in [2.05, 4.69) is 4.90 Å². The number of hydrogen-bond acceptors (Lipinski definition) is 3. The number of hydrogen-bond donors (Lipinski definition) is 0. The van der Waals surface area contributed by atoms with E-state index in [9.17, 15) is 4.79 Å². The molecule has 0 spiro atoms. The number of rotatable bonds is 5. The lowest BCUT2D eigenvalue weighted by atomic mass is 9.99. The minimum atomic E-state index is 0.275. The van der Waals surface area contributed by atoms with E-state index in [4.69, 9.17) is 4.74 Å². The number of nitrogens with zero attached hydrogens (tertiary/aromatic N) is 1. The van der Waals surface area contributed by atoms with E-state index in [1.807, 2.05) is 52.9 Å². The third-order valence-corrected chi connectivity index (χ3v) is 4.21. The topological polar surface area (TPSA) is 29.5 Å². The second-order valence-electron chi connectivity index (χ2n) is 4.58. The summed E-state index contributed by atoms with van der Waals surface area (Å²) in [6, 6.07) is 9.89. The Hall–Kier alpha value is -0.620. The Bertz CT molecular complexity index is 375. The lowest BCUT2D eigenvalue weighted by Crippen LogP contribution is -2.37. The maximum atomic E-state index is 11.2. The molecule has 98 valence electrons. The van der Waals surface area contributed by atoms with Crippen LogP contribution < -0.4 is 4.74 Å². The molecule has 0 aromatic heterocycles. The third kappa shape index (κ3) is 4.24. The Morgan fingerprint density at radius 3 is 2.56 bits per heavy atom. The average Bonchev–Trinajstić information content (AvgIpc) is 2.40. The van der Waals surface area contributed by atoms with Crippen LogP contribution in [0.1, 0.15) is 12.8 Å². The van der Waals surface area contributed by atoms with E-state index in [-0.39, 0.29) is 5.92 Å². The van der Waals surface area contributed by atoms with Crippen LogP contribution >= 0.6 is 22.6 Å². The lowest BCUT2D eigenvalue weighted by Gasteiger charge is -2.30. The maximum absolute atomic E-state index is 11.2. The van der Waals surface area contributed by atoms with E-state index >= 15 is 0 Å². The molecule has 3 nitrogen and oxygen atoms in total. The summed E-state index contributed by atoms with van der Waals surface area (Å²) in [6.45, 7) is 3.68. The molecular weight excluding hydrogens is 341 g/mol. The Morgan fingerprint density at radius 2 is 1.94 bits per heavy atom. The summed E-state index contributed by atoms with van der Waals surface area (Å²) in [7, 11) is 0. The zero-order valence-electron chi connectivity index (χ0n) is 10.3. The van der Waals surface area contributed by atoms with Crippen LogP contribution in [-0.4, -0.2) is 34.9 Å². The van der Waals surface area contributed by atoms with Gasteiger partial charge in [-0.05, 0) is 60.7 Å². The van der Waals surface area contributed by atoms with Crippen molar-refractivity contribution in [2.45, 2.75) is 12.8 Å². The van der Waals surface area contributed by atoms with Crippen molar-refractivity contribution in [2.24, 2.45) is 5.92 Å². The van der Waals surface area contributed by atoms with Gasteiger partial charge in [0.25, 0.3) is 0 Å². The molecule has 1 aliphatic rings. The van der Waals surface area contributed by atoms with Gasteiger partial charge < -0.3 is 4.74 Å². The number of piperidine rings is 1. The molecule has 4 heteroatoms. The highest BCUT2D eigenvalue weighted by molar-refractivity contribution is 14.1. The van der Waals surface area contributed by atoms with Crippen LogP contribution in [-0.2, 0) is 4.79 Å². The Balaban J connectivity index is 1.65. The van der Waals surface area contributed by atoms with Gasteiger partial charge in [-0.2, -0.15) is 0 Å². The quantitative estimate of drug-likeness (QED) is 0.598. The number of carbonyl (C=O) groups is 1. The first-order valence-electron chi connectivity index (χ1n) is 6.35. The van der Waals surface area contributed by atoms with Crippen LogP contribution in [0.2, 0.25) is 0 Å². The van der Waals surface area contributed by atoms with E-state index in [1.54, 1.807) is 0 Å². The first kappa shape index (κ1) is 13.8. The van der Waals surface area contributed by atoms with Gasteiger partial charge in [-0.3, -0.25) is 9.69 Å². The molecule has 1 heterocycles. The highest BCUT2D eigenvalue weighted by atomic mass is 127. The maximum Gasteiger partial charge on any atom is 0.195 e. The summed E-state index contributed by atoms with van der Waals surface area (Å²) in [6.07, 6.45) is 1.99. The summed E-state index contributed by atoms with van der Waals surface area (Å²) in [5.74, 6) is 1.20. The van der Waals surface area contributed by atoms with Gasteiger partial charge in [0.1, 0.15) is 12.4 Å². The molecule has 1 saturated heterocycles. The van der Waals surface area contributed by atoms with E-state index in [1.165, 1.54) is 0 Å². The lowest BCUT2D eigenvalue weighted by molar-refractivity contribution is -0.114. The molecule has 0 unspecified atom stereocenters. The molecule has 1 aliphatic heterocycles. The second-order valence-corrected chi connectivity index (χ2v) is 5.64. The second kappa shape index (κ2) is 7.09. The number of likely N-dealkylation sites (tertiary alicyclic amines) is 1. The van der Waals surface area contributed by atoms with Gasteiger partial charge in [0.2, 0.25) is 0 Å². The number of halogens is 1. The molecule has 0 aliphatic carbocycles. The number of benzene rings is 1. The monoisotopic (exact) mass is 359 g/mol. The van der Waals surface area contributed by atoms with Crippen molar-refractivity contribution < 1.29 is 9.53 Å². The average molecular weight is 359 g/mol. The van der Waals surface area contributed by atoms with Crippen LogP contribution in [0.25, 0.3) is 0 Å². The van der Waals surface area contributed by atoms with Crippen molar-refractivity contribution in [3.63, 3.8) is 0 Å². The summed E-state index contributed by atoms with van der Waals surface area (Å²) < 4.78 is 5.99. The van der Waals surface area contributed by atoms with E-state index in [0.717, 1.165) is 38.2 Å². The number of para-hydroxylation sites is 1. The van der Waals surface area contributed by atoms with Crippen molar-refractivity contribution in [1.82, 2.24) is 4.90 Å². The molecule has 0 saturated carbocycles. The SMILES string of the molecule is O=C(I)C1CCN(CCOc2ccccc2)CC1. The Morgan fingerprint density at radius 1 is 1.28 bits per heavy atom. The predicted molar refractivity (Wildman–Crippen MR) is 80.1 cm³/mol. The minimum Gasteiger partial charge on any atom is -0.492 e. The molecular formula is C14H18INO2. The summed E-state index contributed by atoms with van der Waals surface area (Å²) in [5, 5.41) is 0. The first-order valence-corrected chi connectivity index (χ1v) is 7.43.